The summed E-state index contributed by atoms with van der Waals surface area (Å²) in [7, 11) is 1.67. The number of nitrogens with two attached hydrogens (primary N) is 1. The predicted molar refractivity (Wildman–Crippen MR) is 60.7 cm³/mol. The SMILES string of the molecule is CCCC(C)c1cc(N)cc(OC)c1. The van der Waals surface area contributed by atoms with Crippen molar-refractivity contribution in [1.29, 1.82) is 0 Å². The zero-order valence-electron chi connectivity index (χ0n) is 9.21. The quantitative estimate of drug-likeness (QED) is 0.745. The lowest BCUT2D eigenvalue weighted by molar-refractivity contribution is 0.414. The molecule has 2 nitrogen and oxygen atoms in total. The topological polar surface area (TPSA) is 35.2 Å². The summed E-state index contributed by atoms with van der Waals surface area (Å²) in [6.07, 6.45) is 2.38. The van der Waals surface area contributed by atoms with Crippen molar-refractivity contribution in [3.05, 3.63) is 23.8 Å². The lowest BCUT2D eigenvalue weighted by Gasteiger charge is -2.12. The number of rotatable bonds is 4. The van der Waals surface area contributed by atoms with Crippen molar-refractivity contribution in [2.45, 2.75) is 32.6 Å². The number of hydrogen-bond acceptors (Lipinski definition) is 2. The van der Waals surface area contributed by atoms with Crippen LogP contribution in [0.15, 0.2) is 18.2 Å². The molecule has 0 aromatic heterocycles. The second kappa shape index (κ2) is 4.89. The Morgan fingerprint density at radius 3 is 2.64 bits per heavy atom. The smallest absolute Gasteiger partial charge is 0.121 e. The third kappa shape index (κ3) is 2.66. The van der Waals surface area contributed by atoms with Gasteiger partial charge in [-0.15, -0.1) is 0 Å². The van der Waals surface area contributed by atoms with Crippen LogP contribution in [0.1, 0.15) is 38.2 Å². The van der Waals surface area contributed by atoms with Gasteiger partial charge < -0.3 is 10.5 Å². The molecule has 0 heterocycles. The highest BCUT2D eigenvalue weighted by atomic mass is 16.5. The minimum absolute atomic E-state index is 0.553. The van der Waals surface area contributed by atoms with Crippen LogP contribution in [0.4, 0.5) is 5.69 Å². The number of benzene rings is 1. The highest BCUT2D eigenvalue weighted by molar-refractivity contribution is 5.48. The number of methoxy groups -OCH3 is 1. The van der Waals surface area contributed by atoms with Gasteiger partial charge in [0.05, 0.1) is 7.11 Å². The van der Waals surface area contributed by atoms with Gasteiger partial charge >= 0.3 is 0 Å². The molecule has 0 bridgehead atoms. The van der Waals surface area contributed by atoms with E-state index in [1.165, 1.54) is 18.4 Å². The zero-order chi connectivity index (χ0) is 10.6. The first-order valence-electron chi connectivity index (χ1n) is 5.11. The van der Waals surface area contributed by atoms with Gasteiger partial charge in [-0.25, -0.2) is 0 Å². The molecule has 0 aliphatic carbocycles. The van der Waals surface area contributed by atoms with Gasteiger partial charge in [0.15, 0.2) is 0 Å². The van der Waals surface area contributed by atoms with Gasteiger partial charge in [-0.3, -0.25) is 0 Å². The molecule has 0 aliphatic rings. The second-order valence-corrected chi connectivity index (χ2v) is 3.73. The zero-order valence-corrected chi connectivity index (χ0v) is 9.21. The van der Waals surface area contributed by atoms with Gasteiger partial charge in [-0.1, -0.05) is 20.3 Å². The number of hydrogen-bond donors (Lipinski definition) is 1. The van der Waals surface area contributed by atoms with E-state index in [0.29, 0.717) is 5.92 Å². The summed E-state index contributed by atoms with van der Waals surface area (Å²) < 4.78 is 5.18. The number of ether oxygens (including phenoxy) is 1. The Morgan fingerprint density at radius 1 is 1.36 bits per heavy atom. The molecule has 1 atom stereocenters. The third-order valence-electron chi connectivity index (χ3n) is 2.48. The van der Waals surface area contributed by atoms with E-state index in [1.807, 2.05) is 12.1 Å². The van der Waals surface area contributed by atoms with Crippen LogP contribution in [0.2, 0.25) is 0 Å². The highest BCUT2D eigenvalue weighted by Gasteiger charge is 2.06. The van der Waals surface area contributed by atoms with Gasteiger partial charge in [-0.2, -0.15) is 0 Å². The molecule has 1 aromatic rings. The molecular formula is C12H19NO. The molecular weight excluding hydrogens is 174 g/mol. The van der Waals surface area contributed by atoms with Crippen LogP contribution in [0.25, 0.3) is 0 Å². The van der Waals surface area contributed by atoms with Crippen molar-refractivity contribution >= 4 is 5.69 Å². The van der Waals surface area contributed by atoms with E-state index >= 15 is 0 Å². The van der Waals surface area contributed by atoms with Crippen LogP contribution < -0.4 is 10.5 Å². The molecule has 2 N–H and O–H groups in total. The molecule has 0 amide bonds. The maximum Gasteiger partial charge on any atom is 0.121 e. The second-order valence-electron chi connectivity index (χ2n) is 3.73. The fourth-order valence-electron chi connectivity index (χ4n) is 1.65. The molecule has 2 heteroatoms. The molecule has 78 valence electrons. The van der Waals surface area contributed by atoms with Crippen LogP contribution in [0.5, 0.6) is 5.75 Å². The van der Waals surface area contributed by atoms with E-state index in [1.54, 1.807) is 7.11 Å². The van der Waals surface area contributed by atoms with Gasteiger partial charge in [0.25, 0.3) is 0 Å². The lowest BCUT2D eigenvalue weighted by Crippen LogP contribution is -1.96. The van der Waals surface area contributed by atoms with Crippen molar-refractivity contribution in [2.24, 2.45) is 0 Å². The van der Waals surface area contributed by atoms with Crippen molar-refractivity contribution in [3.8, 4) is 5.75 Å². The first-order chi connectivity index (χ1) is 6.67. The molecule has 0 spiro atoms. The minimum atomic E-state index is 0.553. The molecule has 0 saturated carbocycles. The summed E-state index contributed by atoms with van der Waals surface area (Å²) in [6.45, 7) is 4.41. The van der Waals surface area contributed by atoms with E-state index in [4.69, 9.17) is 10.5 Å². The summed E-state index contributed by atoms with van der Waals surface area (Å²) in [5, 5.41) is 0. The Labute approximate surface area is 86.1 Å². The van der Waals surface area contributed by atoms with Crippen LogP contribution >= 0.6 is 0 Å². The largest absolute Gasteiger partial charge is 0.497 e. The lowest BCUT2D eigenvalue weighted by atomic mass is 9.96. The van der Waals surface area contributed by atoms with E-state index in [9.17, 15) is 0 Å². The Hall–Kier alpha value is -1.18. The number of anilines is 1. The van der Waals surface area contributed by atoms with E-state index in [0.717, 1.165) is 11.4 Å². The molecule has 0 fully saturated rings. The van der Waals surface area contributed by atoms with Crippen molar-refractivity contribution in [1.82, 2.24) is 0 Å². The maximum absolute atomic E-state index is 5.79. The summed E-state index contributed by atoms with van der Waals surface area (Å²) >= 11 is 0. The Morgan fingerprint density at radius 2 is 2.07 bits per heavy atom. The first-order valence-corrected chi connectivity index (χ1v) is 5.11. The van der Waals surface area contributed by atoms with Crippen molar-refractivity contribution in [2.75, 3.05) is 12.8 Å². The average molecular weight is 193 g/mol. The standard InChI is InChI=1S/C12H19NO/c1-4-5-9(2)10-6-11(13)8-12(7-10)14-3/h6-9H,4-5,13H2,1-3H3. The molecule has 0 radical (unpaired) electrons. The fraction of sp³-hybridized carbons (Fsp3) is 0.500. The average Bonchev–Trinajstić information content (AvgIpc) is 2.17. The van der Waals surface area contributed by atoms with Gasteiger partial charge in [0, 0.05) is 11.8 Å². The Bertz CT molecular complexity index is 296. The minimum Gasteiger partial charge on any atom is -0.497 e. The van der Waals surface area contributed by atoms with Crippen molar-refractivity contribution < 1.29 is 4.74 Å². The van der Waals surface area contributed by atoms with Gasteiger partial charge in [0.2, 0.25) is 0 Å². The predicted octanol–water partition coefficient (Wildman–Crippen LogP) is 3.18. The fourth-order valence-corrected chi connectivity index (χ4v) is 1.65. The van der Waals surface area contributed by atoms with Crippen LogP contribution in [-0.4, -0.2) is 7.11 Å². The Balaban J connectivity index is 2.90. The maximum atomic E-state index is 5.79. The normalized spacial score (nSPS) is 12.5. The monoisotopic (exact) mass is 193 g/mol. The van der Waals surface area contributed by atoms with Crippen molar-refractivity contribution in [3.63, 3.8) is 0 Å². The molecule has 0 saturated heterocycles. The summed E-state index contributed by atoms with van der Waals surface area (Å²) in [6, 6.07) is 5.95. The summed E-state index contributed by atoms with van der Waals surface area (Å²) in [5.74, 6) is 1.40. The van der Waals surface area contributed by atoms with E-state index in [2.05, 4.69) is 19.9 Å². The third-order valence-corrected chi connectivity index (χ3v) is 2.48. The van der Waals surface area contributed by atoms with Crippen LogP contribution in [0, 0.1) is 0 Å². The van der Waals surface area contributed by atoms with E-state index < -0.39 is 0 Å². The summed E-state index contributed by atoms with van der Waals surface area (Å²) in [5.41, 5.74) is 7.84. The molecule has 14 heavy (non-hydrogen) atoms. The first kappa shape index (κ1) is 10.9. The van der Waals surface area contributed by atoms with Gasteiger partial charge in [0.1, 0.15) is 5.75 Å². The van der Waals surface area contributed by atoms with E-state index in [-0.39, 0.29) is 0 Å². The molecule has 1 unspecified atom stereocenters. The molecule has 1 rings (SSSR count). The highest BCUT2D eigenvalue weighted by Crippen LogP contribution is 2.26. The molecule has 0 aliphatic heterocycles. The number of nitrogen functional groups attached to an aromatic ring is 1. The van der Waals surface area contributed by atoms with Crippen LogP contribution in [0.3, 0.4) is 0 Å². The van der Waals surface area contributed by atoms with Crippen LogP contribution in [-0.2, 0) is 0 Å². The summed E-state index contributed by atoms with van der Waals surface area (Å²) in [4.78, 5) is 0. The van der Waals surface area contributed by atoms with Gasteiger partial charge in [-0.05, 0) is 30.0 Å². The molecule has 1 aromatic carbocycles. The Kier molecular flexibility index (Phi) is 3.81.